The number of carbonyl (C=O) groups excluding carboxylic acids is 3. The van der Waals surface area contributed by atoms with E-state index in [9.17, 15) is 14.4 Å². The maximum Gasteiger partial charge on any atom is 0.320 e. The Morgan fingerprint density at radius 1 is 1.05 bits per heavy atom. The van der Waals surface area contributed by atoms with Gasteiger partial charge in [0.15, 0.2) is 0 Å². The van der Waals surface area contributed by atoms with Crippen LogP contribution < -0.4 is 20.9 Å². The van der Waals surface area contributed by atoms with Gasteiger partial charge in [-0.15, -0.1) is 0 Å². The molecule has 0 saturated carbocycles. The van der Waals surface area contributed by atoms with Crippen LogP contribution in [0.1, 0.15) is 56.7 Å². The van der Waals surface area contributed by atoms with E-state index in [1.54, 1.807) is 6.07 Å². The normalized spacial score (nSPS) is 17.3. The van der Waals surface area contributed by atoms with Crippen molar-refractivity contribution in [3.05, 3.63) is 94.5 Å². The summed E-state index contributed by atoms with van der Waals surface area (Å²) in [5.41, 5.74) is 9.49. The Hall–Kier alpha value is -3.84. The number of nitrogens with two attached hydrogens (primary N) is 1. The van der Waals surface area contributed by atoms with Crippen LogP contribution in [0.15, 0.2) is 72.8 Å². The number of fused-ring (bicyclic) bond motifs is 1. The second-order valence-corrected chi connectivity index (χ2v) is 11.3. The van der Waals surface area contributed by atoms with Gasteiger partial charge in [-0.1, -0.05) is 61.0 Å². The Balaban J connectivity index is 1.88. The minimum absolute atomic E-state index is 0.196. The van der Waals surface area contributed by atoms with Crippen molar-refractivity contribution < 1.29 is 14.4 Å². The van der Waals surface area contributed by atoms with Gasteiger partial charge in [-0.25, -0.2) is 4.79 Å². The number of carbonyl (C=O) groups is 3. The molecule has 0 aliphatic carbocycles. The molecule has 3 aromatic carbocycles. The lowest BCUT2D eigenvalue weighted by atomic mass is 9.85. The van der Waals surface area contributed by atoms with Crippen molar-refractivity contribution in [2.24, 2.45) is 5.73 Å². The number of hydrogen-bond acceptors (Lipinski definition) is 3. The summed E-state index contributed by atoms with van der Waals surface area (Å²) in [5.74, 6) is -0.934. The lowest BCUT2D eigenvalue weighted by Gasteiger charge is -2.33. The summed E-state index contributed by atoms with van der Waals surface area (Å²) in [6.07, 6.45) is 1.03. The van der Waals surface area contributed by atoms with Crippen molar-refractivity contribution in [1.82, 2.24) is 5.32 Å². The van der Waals surface area contributed by atoms with Crippen molar-refractivity contribution >= 4 is 40.8 Å². The van der Waals surface area contributed by atoms with Crippen LogP contribution in [0.3, 0.4) is 0 Å². The Labute approximate surface area is 234 Å². The van der Waals surface area contributed by atoms with Gasteiger partial charge in [-0.2, -0.15) is 0 Å². The van der Waals surface area contributed by atoms with Crippen LogP contribution in [-0.2, 0) is 16.0 Å². The van der Waals surface area contributed by atoms with Gasteiger partial charge in [0.1, 0.15) is 12.6 Å². The van der Waals surface area contributed by atoms with Crippen LogP contribution in [-0.4, -0.2) is 36.0 Å². The van der Waals surface area contributed by atoms with Crippen molar-refractivity contribution in [3.8, 4) is 0 Å². The Bertz CT molecular complexity index is 1370. The van der Waals surface area contributed by atoms with E-state index in [2.05, 4.69) is 5.32 Å². The van der Waals surface area contributed by atoms with Gasteiger partial charge in [0.25, 0.3) is 5.91 Å². The molecule has 1 aliphatic heterocycles. The van der Waals surface area contributed by atoms with Crippen LogP contribution in [0.2, 0.25) is 5.02 Å². The first-order valence-corrected chi connectivity index (χ1v) is 13.5. The topological polar surface area (TPSA) is 95.7 Å². The molecule has 2 atom stereocenters. The Morgan fingerprint density at radius 3 is 2.38 bits per heavy atom. The van der Waals surface area contributed by atoms with Crippen LogP contribution in [0.25, 0.3) is 0 Å². The second kappa shape index (κ2) is 11.5. The molecule has 0 radical (unpaired) electrons. The molecule has 0 bridgehead atoms. The SMILES string of the molecule is CCc1cccc(N(C(N)=O)C2CC(c3ccc(Cl)cc3)c3ccccc3N(CC(=O)NC(C)(C)C)C2=O)c1. The molecule has 3 aromatic rings. The average Bonchev–Trinajstić information content (AvgIpc) is 2.99. The molecule has 39 heavy (non-hydrogen) atoms. The first kappa shape index (κ1) is 28.2. The van der Waals surface area contributed by atoms with E-state index in [4.69, 9.17) is 17.3 Å². The second-order valence-electron chi connectivity index (χ2n) is 10.9. The highest BCUT2D eigenvalue weighted by molar-refractivity contribution is 6.30. The zero-order valence-electron chi connectivity index (χ0n) is 22.8. The molecular formula is C31H35ClN4O3. The van der Waals surface area contributed by atoms with E-state index in [0.29, 0.717) is 16.4 Å². The number of nitrogens with zero attached hydrogens (tertiary/aromatic N) is 2. The highest BCUT2D eigenvalue weighted by atomic mass is 35.5. The average molecular weight is 547 g/mol. The predicted molar refractivity (Wildman–Crippen MR) is 156 cm³/mol. The molecule has 0 fully saturated rings. The standard InChI is InChI=1S/C31H35ClN4O3/c1-5-20-9-8-10-23(17-20)36(30(33)39)27-18-25(21-13-15-22(32)16-14-21)24-11-6-7-12-26(24)35(29(27)38)19-28(37)34-31(2,3)4/h6-17,25,27H,5,18-19H2,1-4H3,(H2,33,39)(H,34,37). The van der Waals surface area contributed by atoms with Crippen molar-refractivity contribution in [3.63, 3.8) is 0 Å². The van der Waals surface area contributed by atoms with E-state index in [1.807, 2.05) is 94.4 Å². The van der Waals surface area contributed by atoms with Crippen molar-refractivity contribution in [2.45, 2.75) is 58.0 Å². The zero-order valence-corrected chi connectivity index (χ0v) is 23.5. The quantitative estimate of drug-likeness (QED) is 0.419. The van der Waals surface area contributed by atoms with E-state index in [-0.39, 0.29) is 30.7 Å². The molecule has 8 heteroatoms. The molecule has 0 aromatic heterocycles. The number of amides is 4. The summed E-state index contributed by atoms with van der Waals surface area (Å²) < 4.78 is 0. The molecule has 3 N–H and O–H groups in total. The first-order valence-electron chi connectivity index (χ1n) is 13.1. The number of para-hydroxylation sites is 1. The van der Waals surface area contributed by atoms with Gasteiger partial charge < -0.3 is 16.0 Å². The summed E-state index contributed by atoms with van der Waals surface area (Å²) in [7, 11) is 0. The maximum absolute atomic E-state index is 14.4. The number of primary amides is 1. The van der Waals surface area contributed by atoms with Gasteiger partial charge in [0.2, 0.25) is 5.91 Å². The smallest absolute Gasteiger partial charge is 0.320 e. The summed E-state index contributed by atoms with van der Waals surface area (Å²) in [6, 6.07) is 20.8. The molecule has 7 nitrogen and oxygen atoms in total. The van der Waals surface area contributed by atoms with Crippen LogP contribution in [0, 0.1) is 0 Å². The first-order chi connectivity index (χ1) is 18.5. The largest absolute Gasteiger partial charge is 0.351 e. The van der Waals surface area contributed by atoms with Gasteiger partial charge in [-0.05, 0) is 80.6 Å². The lowest BCUT2D eigenvalue weighted by Crippen LogP contribution is -2.55. The van der Waals surface area contributed by atoms with Crippen molar-refractivity contribution in [1.29, 1.82) is 0 Å². The Kier molecular flexibility index (Phi) is 8.31. The van der Waals surface area contributed by atoms with Gasteiger partial charge in [0.05, 0.1) is 0 Å². The molecule has 1 heterocycles. The molecule has 4 amide bonds. The van der Waals surface area contributed by atoms with Crippen LogP contribution in [0.4, 0.5) is 16.2 Å². The number of hydrogen-bond donors (Lipinski definition) is 2. The zero-order chi connectivity index (χ0) is 28.3. The number of rotatable bonds is 6. The highest BCUT2D eigenvalue weighted by Gasteiger charge is 2.41. The van der Waals surface area contributed by atoms with Gasteiger partial charge in [-0.3, -0.25) is 14.5 Å². The van der Waals surface area contributed by atoms with Crippen molar-refractivity contribution in [2.75, 3.05) is 16.3 Å². The third-order valence-electron chi connectivity index (χ3n) is 6.85. The molecule has 0 spiro atoms. The number of benzene rings is 3. The summed E-state index contributed by atoms with van der Waals surface area (Å²) in [4.78, 5) is 43.4. The highest BCUT2D eigenvalue weighted by Crippen LogP contribution is 2.41. The molecular weight excluding hydrogens is 512 g/mol. The van der Waals surface area contributed by atoms with Crippen LogP contribution in [0.5, 0.6) is 0 Å². The minimum atomic E-state index is -0.954. The Morgan fingerprint density at radius 2 is 1.74 bits per heavy atom. The molecule has 2 unspecified atom stereocenters. The molecule has 0 saturated heterocycles. The number of aryl methyl sites for hydroxylation is 1. The van der Waals surface area contributed by atoms with Gasteiger partial charge >= 0.3 is 6.03 Å². The van der Waals surface area contributed by atoms with E-state index >= 15 is 0 Å². The van der Waals surface area contributed by atoms with Crippen LogP contribution >= 0.6 is 11.6 Å². The number of halogens is 1. The summed E-state index contributed by atoms with van der Waals surface area (Å²) >= 11 is 6.19. The number of nitrogens with one attached hydrogen (secondary N) is 1. The fraction of sp³-hybridized carbons (Fsp3) is 0.323. The summed E-state index contributed by atoms with van der Waals surface area (Å²) in [5, 5.41) is 3.55. The third kappa shape index (κ3) is 6.42. The van der Waals surface area contributed by atoms with E-state index in [1.165, 1.54) is 9.80 Å². The van der Waals surface area contributed by atoms with Gasteiger partial charge in [0, 0.05) is 27.9 Å². The lowest BCUT2D eigenvalue weighted by molar-refractivity contribution is -0.125. The number of anilines is 2. The van der Waals surface area contributed by atoms with E-state index < -0.39 is 17.6 Å². The monoisotopic (exact) mass is 546 g/mol. The fourth-order valence-electron chi connectivity index (χ4n) is 5.16. The third-order valence-corrected chi connectivity index (χ3v) is 7.10. The van der Waals surface area contributed by atoms with E-state index in [0.717, 1.165) is 23.1 Å². The maximum atomic E-state index is 14.4. The molecule has 204 valence electrons. The summed E-state index contributed by atoms with van der Waals surface area (Å²) in [6.45, 7) is 7.49. The molecule has 4 rings (SSSR count). The fourth-order valence-corrected chi connectivity index (χ4v) is 5.28. The molecule has 1 aliphatic rings. The predicted octanol–water partition coefficient (Wildman–Crippen LogP) is 5.64. The minimum Gasteiger partial charge on any atom is -0.351 e. The number of urea groups is 1.